The molecule has 0 radical (unpaired) electrons. The van der Waals surface area contributed by atoms with Gasteiger partial charge in [-0.2, -0.15) is 0 Å². The second kappa shape index (κ2) is 5.75. The quantitative estimate of drug-likeness (QED) is 0.686. The third-order valence-electron chi connectivity index (χ3n) is 2.98. The maximum Gasteiger partial charge on any atom is 0.347 e. The number of hydrogen-bond donors (Lipinski definition) is 1. The van der Waals surface area contributed by atoms with E-state index in [1.54, 1.807) is 48.5 Å². The van der Waals surface area contributed by atoms with Crippen LogP contribution in [0.25, 0.3) is 0 Å². The molecular weight excluding hydrogens is 256 g/mol. The van der Waals surface area contributed by atoms with Crippen LogP contribution >= 0.6 is 0 Å². The lowest BCUT2D eigenvalue weighted by molar-refractivity contribution is -0.154. The first-order valence-electron chi connectivity index (χ1n) is 6.18. The second-order valence-electron chi connectivity index (χ2n) is 4.51. The van der Waals surface area contributed by atoms with Crippen LogP contribution in [0.5, 0.6) is 11.5 Å². The number of esters is 1. The van der Waals surface area contributed by atoms with Gasteiger partial charge in [-0.15, -0.1) is 0 Å². The molecule has 2 aromatic carbocycles. The van der Waals surface area contributed by atoms with Crippen molar-refractivity contribution in [3.63, 3.8) is 0 Å². The van der Waals surface area contributed by atoms with Gasteiger partial charge >= 0.3 is 5.97 Å². The first-order chi connectivity index (χ1) is 9.54. The maximum atomic E-state index is 12.1. The van der Waals surface area contributed by atoms with E-state index in [0.29, 0.717) is 17.1 Å². The Hall–Kier alpha value is -2.33. The molecule has 0 saturated heterocycles. The van der Waals surface area contributed by atoms with E-state index in [4.69, 9.17) is 9.47 Å². The van der Waals surface area contributed by atoms with Gasteiger partial charge in [-0.3, -0.25) is 0 Å². The summed E-state index contributed by atoms with van der Waals surface area (Å²) in [6, 6.07) is 15.3. The van der Waals surface area contributed by atoms with Crippen LogP contribution in [-0.4, -0.2) is 18.2 Å². The summed E-state index contributed by atoms with van der Waals surface area (Å²) in [5, 5.41) is 10.4. The van der Waals surface area contributed by atoms with Crippen LogP contribution in [0.2, 0.25) is 0 Å². The molecule has 0 aliphatic rings. The molecule has 0 saturated carbocycles. The minimum atomic E-state index is -1.75. The summed E-state index contributed by atoms with van der Waals surface area (Å²) in [7, 11) is 1.52. The van der Waals surface area contributed by atoms with E-state index in [-0.39, 0.29) is 0 Å². The third-order valence-corrected chi connectivity index (χ3v) is 2.98. The lowest BCUT2D eigenvalue weighted by atomic mass is 9.96. The van der Waals surface area contributed by atoms with Crippen molar-refractivity contribution in [3.8, 4) is 11.5 Å². The number of carbonyl (C=O) groups is 1. The molecule has 2 aromatic rings. The van der Waals surface area contributed by atoms with E-state index in [0.717, 1.165) is 0 Å². The van der Waals surface area contributed by atoms with E-state index in [1.165, 1.54) is 14.0 Å². The summed E-state index contributed by atoms with van der Waals surface area (Å²) >= 11 is 0. The predicted molar refractivity (Wildman–Crippen MR) is 74.6 cm³/mol. The monoisotopic (exact) mass is 272 g/mol. The van der Waals surface area contributed by atoms with E-state index >= 15 is 0 Å². The highest BCUT2D eigenvalue weighted by Crippen LogP contribution is 2.26. The highest BCUT2D eigenvalue weighted by molar-refractivity contribution is 5.82. The summed E-state index contributed by atoms with van der Waals surface area (Å²) in [5.41, 5.74) is -1.33. The number of aliphatic hydroxyl groups is 1. The zero-order valence-electron chi connectivity index (χ0n) is 11.4. The van der Waals surface area contributed by atoms with E-state index < -0.39 is 11.6 Å². The normalized spacial score (nSPS) is 13.3. The van der Waals surface area contributed by atoms with Gasteiger partial charge in [0, 0.05) is 0 Å². The van der Waals surface area contributed by atoms with Crippen molar-refractivity contribution in [2.45, 2.75) is 12.5 Å². The van der Waals surface area contributed by atoms with Crippen LogP contribution in [0.3, 0.4) is 0 Å². The van der Waals surface area contributed by atoms with Crippen LogP contribution < -0.4 is 9.47 Å². The Morgan fingerprint density at radius 3 is 2.35 bits per heavy atom. The Bertz CT molecular complexity index is 590. The average Bonchev–Trinajstić information content (AvgIpc) is 2.48. The van der Waals surface area contributed by atoms with Crippen molar-refractivity contribution in [2.75, 3.05) is 7.11 Å². The van der Waals surface area contributed by atoms with E-state index in [1.807, 2.05) is 6.07 Å². The molecule has 0 bridgehead atoms. The topological polar surface area (TPSA) is 55.8 Å². The lowest BCUT2D eigenvalue weighted by Crippen LogP contribution is -2.36. The predicted octanol–water partition coefficient (Wildman–Crippen LogP) is 2.51. The van der Waals surface area contributed by atoms with Crippen molar-refractivity contribution in [2.24, 2.45) is 0 Å². The Kier molecular flexibility index (Phi) is 4.05. The molecule has 0 aliphatic heterocycles. The van der Waals surface area contributed by atoms with Crippen molar-refractivity contribution in [1.29, 1.82) is 0 Å². The first kappa shape index (κ1) is 14.1. The summed E-state index contributed by atoms with van der Waals surface area (Å²) < 4.78 is 10.3. The molecule has 104 valence electrons. The van der Waals surface area contributed by atoms with Gasteiger partial charge in [0.15, 0.2) is 5.60 Å². The van der Waals surface area contributed by atoms with Gasteiger partial charge in [0.05, 0.1) is 7.11 Å². The minimum Gasteiger partial charge on any atom is -0.497 e. The largest absolute Gasteiger partial charge is 0.497 e. The molecule has 1 N–H and O–H groups in total. The second-order valence-corrected chi connectivity index (χ2v) is 4.51. The van der Waals surface area contributed by atoms with Crippen molar-refractivity contribution < 1.29 is 19.4 Å². The summed E-state index contributed by atoms with van der Waals surface area (Å²) in [5.74, 6) is 0.216. The third kappa shape index (κ3) is 2.97. The molecule has 2 rings (SSSR count). The standard InChI is InChI=1S/C16H16O4/c1-16(18,12-7-6-10-14(11-12)19-2)15(17)20-13-8-4-3-5-9-13/h3-11,18H,1-2H3. The Balaban J connectivity index is 2.22. The number of para-hydroxylation sites is 1. The summed E-state index contributed by atoms with van der Waals surface area (Å²) in [6.07, 6.45) is 0. The fourth-order valence-electron chi connectivity index (χ4n) is 1.74. The van der Waals surface area contributed by atoms with Gasteiger partial charge in [-0.25, -0.2) is 4.79 Å². The number of ether oxygens (including phenoxy) is 2. The van der Waals surface area contributed by atoms with Gasteiger partial charge in [0.2, 0.25) is 0 Å². The minimum absolute atomic E-state index is 0.390. The molecule has 0 heterocycles. The van der Waals surface area contributed by atoms with Crippen molar-refractivity contribution in [1.82, 2.24) is 0 Å². The Morgan fingerprint density at radius 2 is 1.70 bits per heavy atom. The molecule has 0 amide bonds. The molecule has 0 spiro atoms. The lowest BCUT2D eigenvalue weighted by Gasteiger charge is -2.22. The SMILES string of the molecule is COc1cccc(C(C)(O)C(=O)Oc2ccccc2)c1. The van der Waals surface area contributed by atoms with E-state index in [2.05, 4.69) is 0 Å². The first-order valence-corrected chi connectivity index (χ1v) is 6.18. The molecule has 0 fully saturated rings. The van der Waals surface area contributed by atoms with Crippen LogP contribution in [-0.2, 0) is 10.4 Å². The molecule has 1 atom stereocenters. The number of benzene rings is 2. The van der Waals surface area contributed by atoms with Gasteiger partial charge in [0.1, 0.15) is 11.5 Å². The van der Waals surface area contributed by atoms with E-state index in [9.17, 15) is 9.90 Å². The van der Waals surface area contributed by atoms with Crippen molar-refractivity contribution in [3.05, 3.63) is 60.2 Å². The molecule has 4 heteroatoms. The average molecular weight is 272 g/mol. The zero-order chi connectivity index (χ0) is 14.6. The fourth-order valence-corrected chi connectivity index (χ4v) is 1.74. The molecule has 0 aromatic heterocycles. The highest BCUT2D eigenvalue weighted by atomic mass is 16.6. The summed E-state index contributed by atoms with van der Waals surface area (Å²) in [6.45, 7) is 1.40. The molecule has 0 aliphatic carbocycles. The molecule has 1 unspecified atom stereocenters. The molecule has 20 heavy (non-hydrogen) atoms. The van der Waals surface area contributed by atoms with Gasteiger partial charge in [-0.1, -0.05) is 30.3 Å². The van der Waals surface area contributed by atoms with Gasteiger partial charge in [0.25, 0.3) is 0 Å². The smallest absolute Gasteiger partial charge is 0.347 e. The number of methoxy groups -OCH3 is 1. The number of hydrogen-bond acceptors (Lipinski definition) is 4. The Morgan fingerprint density at radius 1 is 1.05 bits per heavy atom. The fraction of sp³-hybridized carbons (Fsp3) is 0.188. The van der Waals surface area contributed by atoms with Crippen LogP contribution in [0.1, 0.15) is 12.5 Å². The zero-order valence-corrected chi connectivity index (χ0v) is 11.4. The summed E-state index contributed by atoms with van der Waals surface area (Å²) in [4.78, 5) is 12.1. The van der Waals surface area contributed by atoms with Crippen LogP contribution in [0.4, 0.5) is 0 Å². The van der Waals surface area contributed by atoms with Crippen molar-refractivity contribution >= 4 is 5.97 Å². The Labute approximate surface area is 117 Å². The maximum absolute atomic E-state index is 12.1. The molecular formula is C16H16O4. The van der Waals surface area contributed by atoms with Crippen LogP contribution in [0, 0.1) is 0 Å². The van der Waals surface area contributed by atoms with Gasteiger partial charge in [-0.05, 0) is 36.8 Å². The number of rotatable bonds is 4. The van der Waals surface area contributed by atoms with Gasteiger partial charge < -0.3 is 14.6 Å². The van der Waals surface area contributed by atoms with Crippen LogP contribution in [0.15, 0.2) is 54.6 Å². The number of carbonyl (C=O) groups excluding carboxylic acids is 1. The highest BCUT2D eigenvalue weighted by Gasteiger charge is 2.35. The molecule has 4 nitrogen and oxygen atoms in total.